The Bertz CT molecular complexity index is 157. The van der Waals surface area contributed by atoms with Gasteiger partial charge in [0.1, 0.15) is 0 Å². The second kappa shape index (κ2) is 5.84. The molecule has 0 rings (SSSR count). The summed E-state index contributed by atoms with van der Waals surface area (Å²) >= 11 is 0. The van der Waals surface area contributed by atoms with Crippen molar-refractivity contribution >= 4 is 0 Å². The Morgan fingerprint density at radius 1 is 1.33 bits per heavy atom. The summed E-state index contributed by atoms with van der Waals surface area (Å²) in [5, 5.41) is 8.88. The van der Waals surface area contributed by atoms with Crippen molar-refractivity contribution in [2.24, 2.45) is 5.41 Å². The standard InChI is InChI=1S/C10H18O2/c1-4-5-6-7-12-9-10(2,3)8-11/h4-7,11H,8-9H2,1-3H3/b5-4-,7-6+. The summed E-state index contributed by atoms with van der Waals surface area (Å²) in [6, 6.07) is 0. The molecule has 0 radical (unpaired) electrons. The highest BCUT2D eigenvalue weighted by atomic mass is 16.5. The van der Waals surface area contributed by atoms with Crippen LogP contribution in [0.25, 0.3) is 0 Å². The van der Waals surface area contributed by atoms with E-state index in [0.29, 0.717) is 6.61 Å². The van der Waals surface area contributed by atoms with Gasteiger partial charge in [-0.2, -0.15) is 0 Å². The molecule has 0 aliphatic rings. The van der Waals surface area contributed by atoms with Gasteiger partial charge in [0.15, 0.2) is 0 Å². The topological polar surface area (TPSA) is 29.5 Å². The van der Waals surface area contributed by atoms with E-state index in [1.165, 1.54) is 0 Å². The van der Waals surface area contributed by atoms with Gasteiger partial charge in [-0.1, -0.05) is 26.0 Å². The Labute approximate surface area is 74.6 Å². The third-order valence-corrected chi connectivity index (χ3v) is 1.38. The van der Waals surface area contributed by atoms with Crippen LogP contribution in [0.5, 0.6) is 0 Å². The molecule has 2 nitrogen and oxygen atoms in total. The molecule has 0 aromatic rings. The molecule has 0 unspecified atom stereocenters. The summed E-state index contributed by atoms with van der Waals surface area (Å²) in [5.74, 6) is 0. The minimum atomic E-state index is -0.153. The maximum Gasteiger partial charge on any atom is 0.0946 e. The van der Waals surface area contributed by atoms with Crippen LogP contribution in [0.1, 0.15) is 20.8 Å². The van der Waals surface area contributed by atoms with E-state index in [9.17, 15) is 0 Å². The van der Waals surface area contributed by atoms with Crippen LogP contribution in [-0.2, 0) is 4.74 Å². The number of allylic oxidation sites excluding steroid dienone is 3. The molecule has 0 aliphatic heterocycles. The van der Waals surface area contributed by atoms with Crippen molar-refractivity contribution in [2.45, 2.75) is 20.8 Å². The lowest BCUT2D eigenvalue weighted by Crippen LogP contribution is -2.22. The van der Waals surface area contributed by atoms with Gasteiger partial charge >= 0.3 is 0 Å². The summed E-state index contributed by atoms with van der Waals surface area (Å²) in [6.45, 7) is 6.54. The first-order valence-electron chi connectivity index (χ1n) is 4.13. The number of aliphatic hydroxyl groups is 1. The smallest absolute Gasteiger partial charge is 0.0946 e. The Kier molecular flexibility index (Phi) is 5.47. The van der Waals surface area contributed by atoms with Gasteiger partial charge in [0, 0.05) is 5.41 Å². The first kappa shape index (κ1) is 11.2. The molecule has 0 aromatic carbocycles. The van der Waals surface area contributed by atoms with E-state index < -0.39 is 0 Å². The highest BCUT2D eigenvalue weighted by Gasteiger charge is 2.15. The molecule has 2 heteroatoms. The first-order chi connectivity index (χ1) is 5.62. The third kappa shape index (κ3) is 5.98. The van der Waals surface area contributed by atoms with Gasteiger partial charge in [-0.15, -0.1) is 0 Å². The molecular weight excluding hydrogens is 152 g/mol. The fourth-order valence-corrected chi connectivity index (χ4v) is 0.531. The second-order valence-electron chi connectivity index (χ2n) is 3.49. The summed E-state index contributed by atoms with van der Waals surface area (Å²) in [6.07, 6.45) is 7.29. The summed E-state index contributed by atoms with van der Waals surface area (Å²) in [4.78, 5) is 0. The lowest BCUT2D eigenvalue weighted by atomic mass is 9.97. The van der Waals surface area contributed by atoms with Gasteiger partial charge in [0.25, 0.3) is 0 Å². The van der Waals surface area contributed by atoms with Crippen molar-refractivity contribution in [3.63, 3.8) is 0 Å². The average molecular weight is 170 g/mol. The van der Waals surface area contributed by atoms with Crippen molar-refractivity contribution in [3.05, 3.63) is 24.5 Å². The maximum atomic E-state index is 8.88. The Hall–Kier alpha value is -0.760. The number of hydrogen-bond donors (Lipinski definition) is 1. The van der Waals surface area contributed by atoms with Crippen LogP contribution in [0, 0.1) is 5.41 Å². The molecule has 0 fully saturated rings. The van der Waals surface area contributed by atoms with Gasteiger partial charge in [0.05, 0.1) is 19.5 Å². The third-order valence-electron chi connectivity index (χ3n) is 1.38. The molecule has 1 N–H and O–H groups in total. The summed E-state index contributed by atoms with van der Waals surface area (Å²) in [5.41, 5.74) is -0.153. The molecule has 0 aliphatic carbocycles. The quantitative estimate of drug-likeness (QED) is 0.506. The Balaban J connectivity index is 3.55. The van der Waals surface area contributed by atoms with Gasteiger partial charge in [-0.05, 0) is 13.0 Å². The van der Waals surface area contributed by atoms with Crippen molar-refractivity contribution in [2.75, 3.05) is 13.2 Å². The molecule has 0 aromatic heterocycles. The van der Waals surface area contributed by atoms with E-state index in [2.05, 4.69) is 0 Å². The molecule has 0 atom stereocenters. The van der Waals surface area contributed by atoms with E-state index >= 15 is 0 Å². The Morgan fingerprint density at radius 2 is 2.00 bits per heavy atom. The van der Waals surface area contributed by atoms with Gasteiger partial charge in [-0.3, -0.25) is 0 Å². The second-order valence-corrected chi connectivity index (χ2v) is 3.49. The monoisotopic (exact) mass is 170 g/mol. The van der Waals surface area contributed by atoms with E-state index in [4.69, 9.17) is 9.84 Å². The highest BCUT2D eigenvalue weighted by molar-refractivity contribution is 4.97. The van der Waals surface area contributed by atoms with Crippen LogP contribution in [0.2, 0.25) is 0 Å². The largest absolute Gasteiger partial charge is 0.501 e. The van der Waals surface area contributed by atoms with Crippen LogP contribution in [0.4, 0.5) is 0 Å². The molecule has 70 valence electrons. The van der Waals surface area contributed by atoms with E-state index in [1.807, 2.05) is 39.0 Å². The van der Waals surface area contributed by atoms with Crippen molar-refractivity contribution in [1.29, 1.82) is 0 Å². The molecule has 0 saturated heterocycles. The van der Waals surface area contributed by atoms with Crippen LogP contribution in [0.3, 0.4) is 0 Å². The predicted molar refractivity (Wildman–Crippen MR) is 50.8 cm³/mol. The molecule has 0 spiro atoms. The fraction of sp³-hybridized carbons (Fsp3) is 0.600. The summed E-state index contributed by atoms with van der Waals surface area (Å²) < 4.78 is 5.20. The van der Waals surface area contributed by atoms with E-state index in [-0.39, 0.29) is 12.0 Å². The first-order valence-corrected chi connectivity index (χ1v) is 4.13. The fourth-order valence-electron chi connectivity index (χ4n) is 0.531. The van der Waals surface area contributed by atoms with Crippen molar-refractivity contribution in [1.82, 2.24) is 0 Å². The van der Waals surface area contributed by atoms with Crippen molar-refractivity contribution in [3.8, 4) is 0 Å². The molecular formula is C10H18O2. The predicted octanol–water partition coefficient (Wildman–Crippen LogP) is 2.11. The zero-order valence-electron chi connectivity index (χ0n) is 8.08. The number of aliphatic hydroxyl groups excluding tert-OH is 1. The maximum absolute atomic E-state index is 8.88. The van der Waals surface area contributed by atoms with Crippen LogP contribution in [0.15, 0.2) is 24.5 Å². The van der Waals surface area contributed by atoms with Gasteiger partial charge < -0.3 is 9.84 Å². The van der Waals surface area contributed by atoms with E-state index in [1.54, 1.807) is 6.26 Å². The van der Waals surface area contributed by atoms with Gasteiger partial charge in [0.2, 0.25) is 0 Å². The lowest BCUT2D eigenvalue weighted by molar-refractivity contribution is 0.0749. The summed E-state index contributed by atoms with van der Waals surface area (Å²) in [7, 11) is 0. The van der Waals surface area contributed by atoms with Crippen LogP contribution >= 0.6 is 0 Å². The molecule has 12 heavy (non-hydrogen) atoms. The molecule has 0 bridgehead atoms. The lowest BCUT2D eigenvalue weighted by Gasteiger charge is -2.19. The zero-order chi connectivity index (χ0) is 9.45. The Morgan fingerprint density at radius 3 is 2.50 bits per heavy atom. The SMILES string of the molecule is C/C=C\C=C\OCC(C)(C)CO. The molecule has 0 saturated carbocycles. The minimum Gasteiger partial charge on any atom is -0.501 e. The molecule has 0 heterocycles. The van der Waals surface area contributed by atoms with Crippen LogP contribution < -0.4 is 0 Å². The average Bonchev–Trinajstić information content (AvgIpc) is 2.04. The van der Waals surface area contributed by atoms with Gasteiger partial charge in [-0.25, -0.2) is 0 Å². The normalized spacial score (nSPS) is 13.0. The molecule has 0 amide bonds. The number of rotatable bonds is 5. The minimum absolute atomic E-state index is 0.143. The number of ether oxygens (including phenoxy) is 1. The highest BCUT2D eigenvalue weighted by Crippen LogP contribution is 2.13. The van der Waals surface area contributed by atoms with Crippen LogP contribution in [-0.4, -0.2) is 18.3 Å². The van der Waals surface area contributed by atoms with Crippen molar-refractivity contribution < 1.29 is 9.84 Å². The zero-order valence-corrected chi connectivity index (χ0v) is 8.08. The number of hydrogen-bond acceptors (Lipinski definition) is 2. The van der Waals surface area contributed by atoms with E-state index in [0.717, 1.165) is 0 Å².